The number of rotatable bonds is 3. The van der Waals surface area contributed by atoms with E-state index in [1.54, 1.807) is 30.6 Å². The van der Waals surface area contributed by atoms with E-state index in [1.165, 1.54) is 10.6 Å². The summed E-state index contributed by atoms with van der Waals surface area (Å²) in [6, 6.07) is 6.30. The standard InChI is InChI=1S/C19H23N5O3S/c1-12(2)8-10-23-13(3)16(18(25)24-11-9-20-19(23)24)17-21-14-6-4-5-7-15(14)28(26,27)22-17/h4-7,9,11-13,21-22H,8,10H2,1-3H3/b17-16-. The van der Waals surface area contributed by atoms with Gasteiger partial charge in [-0.2, -0.15) is 0 Å². The van der Waals surface area contributed by atoms with Crippen molar-refractivity contribution in [2.24, 2.45) is 5.92 Å². The summed E-state index contributed by atoms with van der Waals surface area (Å²) in [7, 11) is -3.76. The van der Waals surface area contributed by atoms with Crippen molar-refractivity contribution in [3.05, 3.63) is 48.1 Å². The summed E-state index contributed by atoms with van der Waals surface area (Å²) < 4.78 is 29.4. The number of carbonyl (C=O) groups excluding carboxylic acids is 1. The van der Waals surface area contributed by atoms with Crippen LogP contribution in [-0.4, -0.2) is 36.5 Å². The highest BCUT2D eigenvalue weighted by Crippen LogP contribution is 2.33. The average molecular weight is 401 g/mol. The second kappa shape index (κ2) is 6.66. The SMILES string of the molecule is CC(C)CCN1c2nccn2C(=O)/C(=C2/Nc3ccccc3S(=O)(=O)N2)C1C. The minimum Gasteiger partial charge on any atom is -0.340 e. The lowest BCUT2D eigenvalue weighted by Gasteiger charge is -2.38. The number of sulfonamides is 1. The molecular formula is C19H23N5O3S. The van der Waals surface area contributed by atoms with Crippen LogP contribution in [0.3, 0.4) is 0 Å². The Labute approximate surface area is 164 Å². The second-order valence-corrected chi connectivity index (χ2v) is 9.12. The molecule has 0 radical (unpaired) electrons. The Kier molecular flexibility index (Phi) is 4.41. The molecule has 0 saturated carbocycles. The lowest BCUT2D eigenvalue weighted by atomic mass is 10.0. The van der Waals surface area contributed by atoms with Crippen molar-refractivity contribution in [1.29, 1.82) is 0 Å². The molecule has 2 aliphatic heterocycles. The number of nitrogens with zero attached hydrogens (tertiary/aromatic N) is 3. The minimum atomic E-state index is -3.76. The van der Waals surface area contributed by atoms with Gasteiger partial charge in [0.2, 0.25) is 5.95 Å². The molecule has 1 aromatic heterocycles. The number of anilines is 2. The van der Waals surface area contributed by atoms with Gasteiger partial charge in [0.1, 0.15) is 10.7 Å². The number of carbonyl (C=O) groups is 1. The van der Waals surface area contributed by atoms with Crippen LogP contribution in [0.5, 0.6) is 0 Å². The third-order valence-electron chi connectivity index (χ3n) is 5.10. The van der Waals surface area contributed by atoms with Crippen LogP contribution >= 0.6 is 0 Å². The Morgan fingerprint density at radius 2 is 2.00 bits per heavy atom. The maximum Gasteiger partial charge on any atom is 0.266 e. The molecule has 3 heterocycles. The molecule has 9 heteroatoms. The Morgan fingerprint density at radius 3 is 2.75 bits per heavy atom. The maximum atomic E-state index is 13.2. The van der Waals surface area contributed by atoms with Gasteiger partial charge >= 0.3 is 0 Å². The third-order valence-corrected chi connectivity index (χ3v) is 6.51. The zero-order valence-corrected chi connectivity index (χ0v) is 16.8. The van der Waals surface area contributed by atoms with E-state index in [0.717, 1.165) is 6.42 Å². The molecule has 148 valence electrons. The number of aromatic nitrogens is 2. The molecule has 0 aliphatic carbocycles. The summed E-state index contributed by atoms with van der Waals surface area (Å²) >= 11 is 0. The van der Waals surface area contributed by atoms with Crippen molar-refractivity contribution in [3.63, 3.8) is 0 Å². The normalized spacial score (nSPS) is 23.1. The fourth-order valence-corrected chi connectivity index (χ4v) is 4.79. The lowest BCUT2D eigenvalue weighted by molar-refractivity contribution is 0.0939. The number of imidazole rings is 1. The van der Waals surface area contributed by atoms with Gasteiger partial charge < -0.3 is 10.2 Å². The van der Waals surface area contributed by atoms with E-state index in [4.69, 9.17) is 0 Å². The highest BCUT2D eigenvalue weighted by Gasteiger charge is 2.38. The Morgan fingerprint density at radius 1 is 1.25 bits per heavy atom. The van der Waals surface area contributed by atoms with Crippen LogP contribution in [0.1, 0.15) is 32.0 Å². The predicted octanol–water partition coefficient (Wildman–Crippen LogP) is 2.39. The van der Waals surface area contributed by atoms with E-state index < -0.39 is 10.0 Å². The summed E-state index contributed by atoms with van der Waals surface area (Å²) in [6.45, 7) is 6.89. The van der Waals surface area contributed by atoms with Crippen LogP contribution in [0.15, 0.2) is 52.9 Å². The number of benzene rings is 1. The van der Waals surface area contributed by atoms with E-state index in [1.807, 2.05) is 11.8 Å². The number of para-hydroxylation sites is 1. The smallest absolute Gasteiger partial charge is 0.266 e. The number of fused-ring (bicyclic) bond motifs is 2. The van der Waals surface area contributed by atoms with Crippen molar-refractivity contribution < 1.29 is 13.2 Å². The van der Waals surface area contributed by atoms with E-state index in [2.05, 4.69) is 28.9 Å². The molecule has 8 nitrogen and oxygen atoms in total. The first-order chi connectivity index (χ1) is 13.3. The molecule has 2 N–H and O–H groups in total. The number of hydrogen-bond donors (Lipinski definition) is 2. The Balaban J connectivity index is 1.82. The van der Waals surface area contributed by atoms with Crippen LogP contribution in [0, 0.1) is 5.92 Å². The van der Waals surface area contributed by atoms with Crippen LogP contribution in [0.25, 0.3) is 0 Å². The fraction of sp³-hybridized carbons (Fsp3) is 0.368. The summed E-state index contributed by atoms with van der Waals surface area (Å²) in [5.74, 6) is 0.986. The Bertz CT molecular complexity index is 1070. The van der Waals surface area contributed by atoms with Crippen LogP contribution in [-0.2, 0) is 10.0 Å². The quantitative estimate of drug-likeness (QED) is 0.767. The predicted molar refractivity (Wildman–Crippen MR) is 107 cm³/mol. The van der Waals surface area contributed by atoms with Gasteiger partial charge in [-0.1, -0.05) is 26.0 Å². The average Bonchev–Trinajstić information content (AvgIpc) is 3.11. The van der Waals surface area contributed by atoms with Crippen LogP contribution in [0.4, 0.5) is 11.6 Å². The minimum absolute atomic E-state index is 0.162. The molecule has 0 saturated heterocycles. The van der Waals surface area contributed by atoms with Gasteiger partial charge in [0, 0.05) is 18.9 Å². The number of hydrogen-bond acceptors (Lipinski definition) is 6. The summed E-state index contributed by atoms with van der Waals surface area (Å²) in [5, 5.41) is 3.10. The van der Waals surface area contributed by atoms with Crippen LogP contribution < -0.4 is 14.9 Å². The van der Waals surface area contributed by atoms with Crippen molar-refractivity contribution >= 4 is 27.6 Å². The topological polar surface area (TPSA) is 96.3 Å². The van der Waals surface area contributed by atoms with Gasteiger partial charge in [0.15, 0.2) is 0 Å². The molecule has 1 atom stereocenters. The molecular weight excluding hydrogens is 378 g/mol. The Hall–Kier alpha value is -2.81. The second-order valence-electron chi connectivity index (χ2n) is 7.47. The number of nitrogens with one attached hydrogen (secondary N) is 2. The van der Waals surface area contributed by atoms with Gasteiger partial charge in [0.05, 0.1) is 17.3 Å². The maximum absolute atomic E-state index is 13.2. The van der Waals surface area contributed by atoms with Crippen molar-refractivity contribution in [2.45, 2.75) is 38.1 Å². The zero-order valence-electron chi connectivity index (χ0n) is 16.0. The molecule has 1 unspecified atom stereocenters. The fourth-order valence-electron chi connectivity index (χ4n) is 3.59. The van der Waals surface area contributed by atoms with E-state index in [0.29, 0.717) is 29.7 Å². The van der Waals surface area contributed by atoms with Gasteiger partial charge in [-0.25, -0.2) is 13.4 Å². The molecule has 0 bridgehead atoms. The summed E-state index contributed by atoms with van der Waals surface area (Å²) in [5.41, 5.74) is 0.821. The largest absolute Gasteiger partial charge is 0.340 e. The first-order valence-corrected chi connectivity index (χ1v) is 10.8. The van der Waals surface area contributed by atoms with E-state index in [9.17, 15) is 13.2 Å². The first kappa shape index (κ1) is 18.5. The summed E-state index contributed by atoms with van der Waals surface area (Å²) in [4.78, 5) is 19.7. The van der Waals surface area contributed by atoms with Gasteiger partial charge in [-0.05, 0) is 31.4 Å². The van der Waals surface area contributed by atoms with E-state index in [-0.39, 0.29) is 22.7 Å². The summed E-state index contributed by atoms with van der Waals surface area (Å²) in [6.07, 6.45) is 4.12. The van der Waals surface area contributed by atoms with Crippen LogP contribution in [0.2, 0.25) is 0 Å². The van der Waals surface area contributed by atoms with Crippen molar-refractivity contribution in [2.75, 3.05) is 16.8 Å². The molecule has 2 aliphatic rings. The molecule has 4 rings (SSSR count). The molecule has 0 amide bonds. The molecule has 0 spiro atoms. The zero-order chi connectivity index (χ0) is 20.1. The highest BCUT2D eigenvalue weighted by molar-refractivity contribution is 7.89. The lowest BCUT2D eigenvalue weighted by Crippen LogP contribution is -2.48. The molecule has 1 aromatic carbocycles. The van der Waals surface area contributed by atoms with Crippen molar-refractivity contribution in [1.82, 2.24) is 14.3 Å². The van der Waals surface area contributed by atoms with E-state index >= 15 is 0 Å². The first-order valence-electron chi connectivity index (χ1n) is 9.27. The molecule has 2 aromatic rings. The monoisotopic (exact) mass is 401 g/mol. The van der Waals surface area contributed by atoms with Gasteiger partial charge in [0.25, 0.3) is 15.9 Å². The third kappa shape index (κ3) is 2.95. The molecule has 0 fully saturated rings. The molecule has 28 heavy (non-hydrogen) atoms. The van der Waals surface area contributed by atoms with Gasteiger partial charge in [-0.3, -0.25) is 14.1 Å². The van der Waals surface area contributed by atoms with Crippen molar-refractivity contribution in [3.8, 4) is 0 Å². The van der Waals surface area contributed by atoms with Gasteiger partial charge in [-0.15, -0.1) is 0 Å². The highest BCUT2D eigenvalue weighted by atomic mass is 32.2.